The molecule has 1 atom stereocenters. The van der Waals surface area contributed by atoms with Crippen molar-refractivity contribution in [2.75, 3.05) is 20.1 Å². The maximum atomic E-state index is 12.0. The van der Waals surface area contributed by atoms with Gasteiger partial charge in [0, 0.05) is 23.0 Å². The SMILES string of the molecule is COC(=O)C1Cc2c([nH]c3ccccc23)CN1C(=O)CCl.COC(=O)c1ccccc1. The first-order valence-corrected chi connectivity index (χ1v) is 10.2. The number of ether oxygens (including phenoxy) is 2. The number of amides is 1. The Labute approximate surface area is 184 Å². The zero-order valence-electron chi connectivity index (χ0n) is 17.3. The standard InChI is InChI=1S/C15H15ClN2O3.C8H8O2/c1-21-15(20)13-6-10-9-4-2-3-5-11(9)17-12(10)8-18(13)14(19)7-16;1-10-8(9)7-5-3-2-4-6-7/h2-5,13,17H,6-8H2,1H3;2-6H,1H3. The molecule has 4 rings (SSSR count). The Morgan fingerprint density at radius 3 is 2.35 bits per heavy atom. The first-order chi connectivity index (χ1) is 15.0. The van der Waals surface area contributed by atoms with Crippen LogP contribution in [0.4, 0.5) is 0 Å². The van der Waals surface area contributed by atoms with Crippen LogP contribution in [0.3, 0.4) is 0 Å². The summed E-state index contributed by atoms with van der Waals surface area (Å²) in [5, 5.41) is 1.08. The van der Waals surface area contributed by atoms with Crippen molar-refractivity contribution < 1.29 is 23.9 Å². The number of hydrogen-bond acceptors (Lipinski definition) is 5. The Hall–Kier alpha value is -3.32. The third kappa shape index (κ3) is 4.88. The van der Waals surface area contributed by atoms with E-state index in [9.17, 15) is 14.4 Å². The summed E-state index contributed by atoms with van der Waals surface area (Å²) in [5.74, 6) is -1.12. The molecule has 1 aromatic heterocycles. The Bertz CT molecular complexity index is 1080. The van der Waals surface area contributed by atoms with E-state index in [-0.39, 0.29) is 17.8 Å². The Kier molecular flexibility index (Phi) is 7.31. The number of H-pyrrole nitrogens is 1. The summed E-state index contributed by atoms with van der Waals surface area (Å²) < 4.78 is 9.33. The number of nitrogens with zero attached hydrogens (tertiary/aromatic N) is 1. The maximum absolute atomic E-state index is 12.0. The molecule has 1 aliphatic heterocycles. The molecule has 162 valence electrons. The number of halogens is 1. The molecule has 7 nitrogen and oxygen atoms in total. The fraction of sp³-hybridized carbons (Fsp3) is 0.261. The maximum Gasteiger partial charge on any atom is 0.337 e. The molecule has 8 heteroatoms. The molecule has 3 aromatic rings. The number of esters is 2. The summed E-state index contributed by atoms with van der Waals surface area (Å²) in [4.78, 5) is 39.6. The lowest BCUT2D eigenvalue weighted by atomic mass is 9.96. The van der Waals surface area contributed by atoms with Crippen LogP contribution in [0, 0.1) is 0 Å². The average Bonchev–Trinajstić information content (AvgIpc) is 3.20. The molecule has 0 saturated heterocycles. The van der Waals surface area contributed by atoms with Gasteiger partial charge in [0.2, 0.25) is 5.91 Å². The van der Waals surface area contributed by atoms with E-state index in [0.717, 1.165) is 22.2 Å². The molecule has 0 bridgehead atoms. The van der Waals surface area contributed by atoms with Gasteiger partial charge in [0.15, 0.2) is 0 Å². The van der Waals surface area contributed by atoms with E-state index >= 15 is 0 Å². The molecule has 1 aliphatic rings. The molecule has 1 amide bonds. The highest BCUT2D eigenvalue weighted by Gasteiger charge is 2.36. The van der Waals surface area contributed by atoms with Crippen LogP contribution in [0.2, 0.25) is 0 Å². The van der Waals surface area contributed by atoms with Gasteiger partial charge in [0.25, 0.3) is 0 Å². The van der Waals surface area contributed by atoms with Crippen molar-refractivity contribution >= 4 is 40.3 Å². The van der Waals surface area contributed by atoms with Crippen molar-refractivity contribution in [2.45, 2.75) is 19.0 Å². The third-order valence-corrected chi connectivity index (χ3v) is 5.34. The number of methoxy groups -OCH3 is 2. The molecule has 1 unspecified atom stereocenters. The predicted molar refractivity (Wildman–Crippen MR) is 117 cm³/mol. The van der Waals surface area contributed by atoms with Crippen LogP contribution in [0.25, 0.3) is 10.9 Å². The molecule has 0 aliphatic carbocycles. The number of rotatable bonds is 3. The van der Waals surface area contributed by atoms with Gasteiger partial charge in [-0.3, -0.25) is 4.79 Å². The highest BCUT2D eigenvalue weighted by Crippen LogP contribution is 2.30. The Morgan fingerprint density at radius 2 is 1.71 bits per heavy atom. The predicted octanol–water partition coefficient (Wildman–Crippen LogP) is 3.31. The minimum atomic E-state index is -0.618. The van der Waals surface area contributed by atoms with Crippen molar-refractivity contribution in [2.24, 2.45) is 0 Å². The smallest absolute Gasteiger partial charge is 0.337 e. The van der Waals surface area contributed by atoms with Gasteiger partial charge >= 0.3 is 11.9 Å². The second kappa shape index (κ2) is 10.1. The molecule has 2 heterocycles. The minimum Gasteiger partial charge on any atom is -0.467 e. The van der Waals surface area contributed by atoms with Gasteiger partial charge in [-0.1, -0.05) is 36.4 Å². The lowest BCUT2D eigenvalue weighted by Crippen LogP contribution is -2.49. The average molecular weight is 443 g/mol. The van der Waals surface area contributed by atoms with Gasteiger partial charge in [-0.25, -0.2) is 9.59 Å². The van der Waals surface area contributed by atoms with Crippen LogP contribution in [-0.2, 0) is 32.0 Å². The first kappa shape index (κ1) is 22.4. The molecule has 2 aromatic carbocycles. The monoisotopic (exact) mass is 442 g/mol. The van der Waals surface area contributed by atoms with Gasteiger partial charge in [-0.05, 0) is 23.8 Å². The normalized spacial score (nSPS) is 14.8. The van der Waals surface area contributed by atoms with Crippen LogP contribution in [0.5, 0.6) is 0 Å². The number of para-hydroxylation sites is 1. The van der Waals surface area contributed by atoms with Crippen LogP contribution in [-0.4, -0.2) is 53.9 Å². The molecule has 0 spiro atoms. The van der Waals surface area contributed by atoms with Gasteiger partial charge in [0.05, 0.1) is 26.3 Å². The molecule has 0 radical (unpaired) electrons. The number of benzene rings is 2. The fourth-order valence-electron chi connectivity index (χ4n) is 3.59. The van der Waals surface area contributed by atoms with E-state index < -0.39 is 12.0 Å². The number of carbonyl (C=O) groups excluding carboxylic acids is 3. The molecule has 0 fully saturated rings. The molecular weight excluding hydrogens is 420 g/mol. The van der Waals surface area contributed by atoms with E-state index in [1.165, 1.54) is 19.1 Å². The second-order valence-corrected chi connectivity index (χ2v) is 7.15. The summed E-state index contributed by atoms with van der Waals surface area (Å²) in [6, 6.07) is 16.2. The number of aromatic amines is 1. The molecule has 1 N–H and O–H groups in total. The van der Waals surface area contributed by atoms with Crippen molar-refractivity contribution in [1.29, 1.82) is 0 Å². The van der Waals surface area contributed by atoms with Crippen molar-refractivity contribution in [3.05, 3.63) is 71.4 Å². The van der Waals surface area contributed by atoms with E-state index in [1.807, 2.05) is 30.3 Å². The summed E-state index contributed by atoms with van der Waals surface area (Å²) in [7, 11) is 2.70. The number of hydrogen-bond donors (Lipinski definition) is 1. The van der Waals surface area contributed by atoms with Crippen molar-refractivity contribution in [3.8, 4) is 0 Å². The number of alkyl halides is 1. The van der Waals surface area contributed by atoms with Crippen LogP contribution >= 0.6 is 11.6 Å². The van der Waals surface area contributed by atoms with Gasteiger partial charge < -0.3 is 19.4 Å². The first-order valence-electron chi connectivity index (χ1n) is 9.65. The second-order valence-electron chi connectivity index (χ2n) is 6.88. The highest BCUT2D eigenvalue weighted by atomic mass is 35.5. The van der Waals surface area contributed by atoms with E-state index in [0.29, 0.717) is 18.5 Å². The zero-order chi connectivity index (χ0) is 22.4. The Balaban J connectivity index is 0.000000229. The van der Waals surface area contributed by atoms with Crippen LogP contribution < -0.4 is 0 Å². The molecule has 31 heavy (non-hydrogen) atoms. The topological polar surface area (TPSA) is 88.7 Å². The van der Waals surface area contributed by atoms with Gasteiger partial charge in [-0.2, -0.15) is 0 Å². The zero-order valence-corrected chi connectivity index (χ0v) is 18.0. The summed E-state index contributed by atoms with van der Waals surface area (Å²) in [6.07, 6.45) is 0.439. The van der Waals surface area contributed by atoms with Crippen LogP contribution in [0.15, 0.2) is 54.6 Å². The Morgan fingerprint density at radius 1 is 1.03 bits per heavy atom. The molecule has 0 saturated carbocycles. The number of aromatic nitrogens is 1. The van der Waals surface area contributed by atoms with Crippen molar-refractivity contribution in [1.82, 2.24) is 9.88 Å². The third-order valence-electron chi connectivity index (χ3n) is 5.11. The number of fused-ring (bicyclic) bond motifs is 3. The van der Waals surface area contributed by atoms with Gasteiger partial charge in [0.1, 0.15) is 11.9 Å². The number of nitrogens with one attached hydrogen (secondary N) is 1. The molecular formula is C23H23ClN2O5. The minimum absolute atomic E-state index is 0.150. The largest absolute Gasteiger partial charge is 0.467 e. The summed E-state index contributed by atoms with van der Waals surface area (Å²) in [5.41, 5.74) is 3.62. The fourth-order valence-corrected chi connectivity index (χ4v) is 3.74. The van der Waals surface area contributed by atoms with Gasteiger partial charge in [-0.15, -0.1) is 11.6 Å². The summed E-state index contributed by atoms with van der Waals surface area (Å²) >= 11 is 5.65. The van der Waals surface area contributed by atoms with E-state index in [4.69, 9.17) is 16.3 Å². The van der Waals surface area contributed by atoms with Crippen LogP contribution in [0.1, 0.15) is 21.6 Å². The van der Waals surface area contributed by atoms with E-state index in [2.05, 4.69) is 9.72 Å². The number of carbonyl (C=O) groups is 3. The lowest BCUT2D eigenvalue weighted by Gasteiger charge is -2.33. The lowest BCUT2D eigenvalue weighted by molar-refractivity contribution is -0.153. The highest BCUT2D eigenvalue weighted by molar-refractivity contribution is 6.27. The quantitative estimate of drug-likeness (QED) is 0.496. The van der Waals surface area contributed by atoms with E-state index in [1.54, 1.807) is 24.3 Å². The van der Waals surface area contributed by atoms with Crippen molar-refractivity contribution in [3.63, 3.8) is 0 Å². The summed E-state index contributed by atoms with van der Waals surface area (Å²) in [6.45, 7) is 0.343.